The number of nitrogens with zero attached hydrogens (tertiary/aromatic N) is 1. The molecule has 1 aromatic heterocycles. The molecule has 0 spiro atoms. The van der Waals surface area contributed by atoms with Crippen LogP contribution in [-0.2, 0) is 9.84 Å². The standard InChI is InChI=1S/C17H16N2O2S2/c1-23(20,21)14-9-10-15-16(12-14)22-17(19-15)18-11-5-8-13-6-3-2-4-7-13/h2-10,12H,11H2,1H3,(H,18,19)/b8-5+. The molecule has 0 fully saturated rings. The van der Waals surface area contributed by atoms with E-state index in [1.165, 1.54) is 17.6 Å². The molecule has 0 amide bonds. The zero-order valence-electron chi connectivity index (χ0n) is 12.6. The summed E-state index contributed by atoms with van der Waals surface area (Å²) in [5, 5.41) is 4.01. The Morgan fingerprint density at radius 1 is 1.17 bits per heavy atom. The van der Waals surface area contributed by atoms with Gasteiger partial charge in [-0.1, -0.05) is 53.8 Å². The molecular formula is C17H16N2O2S2. The number of hydrogen-bond donors (Lipinski definition) is 1. The van der Waals surface area contributed by atoms with Crippen LogP contribution < -0.4 is 5.32 Å². The van der Waals surface area contributed by atoms with Gasteiger partial charge >= 0.3 is 0 Å². The first-order valence-electron chi connectivity index (χ1n) is 7.08. The molecule has 4 nitrogen and oxygen atoms in total. The van der Waals surface area contributed by atoms with Crippen molar-refractivity contribution in [2.24, 2.45) is 0 Å². The number of thiazole rings is 1. The summed E-state index contributed by atoms with van der Waals surface area (Å²) in [5.41, 5.74) is 1.95. The van der Waals surface area contributed by atoms with E-state index in [1.54, 1.807) is 18.2 Å². The molecule has 0 saturated carbocycles. The Morgan fingerprint density at radius 2 is 1.96 bits per heavy atom. The molecule has 0 unspecified atom stereocenters. The number of benzene rings is 2. The Morgan fingerprint density at radius 3 is 2.70 bits per heavy atom. The van der Waals surface area contributed by atoms with Gasteiger partial charge in [-0.05, 0) is 23.8 Å². The van der Waals surface area contributed by atoms with Gasteiger partial charge in [0.25, 0.3) is 0 Å². The lowest BCUT2D eigenvalue weighted by Gasteiger charge is -1.96. The second-order valence-corrected chi connectivity index (χ2v) is 8.16. The first-order chi connectivity index (χ1) is 11.0. The Labute approximate surface area is 139 Å². The fourth-order valence-electron chi connectivity index (χ4n) is 2.12. The highest BCUT2D eigenvalue weighted by atomic mass is 32.2. The van der Waals surface area contributed by atoms with Gasteiger partial charge in [-0.2, -0.15) is 0 Å². The molecule has 0 saturated heterocycles. The van der Waals surface area contributed by atoms with Crippen molar-refractivity contribution in [2.75, 3.05) is 18.1 Å². The molecule has 0 aliphatic carbocycles. The van der Waals surface area contributed by atoms with Crippen molar-refractivity contribution in [3.05, 3.63) is 60.2 Å². The molecule has 23 heavy (non-hydrogen) atoms. The van der Waals surface area contributed by atoms with Crippen LogP contribution in [0, 0.1) is 0 Å². The minimum atomic E-state index is -3.19. The van der Waals surface area contributed by atoms with Crippen LogP contribution >= 0.6 is 11.3 Å². The normalized spacial score (nSPS) is 12.0. The predicted octanol–water partition coefficient (Wildman–Crippen LogP) is 3.83. The predicted molar refractivity (Wildman–Crippen MR) is 96.7 cm³/mol. The monoisotopic (exact) mass is 344 g/mol. The van der Waals surface area contributed by atoms with Gasteiger partial charge in [-0.15, -0.1) is 0 Å². The SMILES string of the molecule is CS(=O)(=O)c1ccc2nc(NC/C=C/c3ccccc3)sc2c1. The highest BCUT2D eigenvalue weighted by molar-refractivity contribution is 7.90. The van der Waals surface area contributed by atoms with E-state index >= 15 is 0 Å². The van der Waals surface area contributed by atoms with E-state index in [4.69, 9.17) is 0 Å². The van der Waals surface area contributed by atoms with E-state index in [2.05, 4.69) is 10.3 Å². The third kappa shape index (κ3) is 3.97. The van der Waals surface area contributed by atoms with Crippen LogP contribution in [0.4, 0.5) is 5.13 Å². The average molecular weight is 344 g/mol. The number of hydrogen-bond acceptors (Lipinski definition) is 5. The van der Waals surface area contributed by atoms with Crippen molar-refractivity contribution >= 4 is 42.6 Å². The van der Waals surface area contributed by atoms with E-state index in [-0.39, 0.29) is 0 Å². The summed E-state index contributed by atoms with van der Waals surface area (Å²) >= 11 is 1.45. The average Bonchev–Trinajstić information content (AvgIpc) is 2.93. The first-order valence-corrected chi connectivity index (χ1v) is 9.79. The van der Waals surface area contributed by atoms with E-state index in [0.717, 1.165) is 20.9 Å². The van der Waals surface area contributed by atoms with E-state index in [1.807, 2.05) is 42.5 Å². The molecule has 0 radical (unpaired) electrons. The number of rotatable bonds is 5. The summed E-state index contributed by atoms with van der Waals surface area (Å²) < 4.78 is 24.0. The zero-order valence-corrected chi connectivity index (χ0v) is 14.2. The summed E-state index contributed by atoms with van der Waals surface area (Å²) in [7, 11) is -3.19. The minimum Gasteiger partial charge on any atom is -0.358 e. The van der Waals surface area contributed by atoms with Gasteiger partial charge in [0, 0.05) is 12.8 Å². The van der Waals surface area contributed by atoms with Crippen molar-refractivity contribution in [3.8, 4) is 0 Å². The van der Waals surface area contributed by atoms with Gasteiger partial charge in [-0.25, -0.2) is 13.4 Å². The van der Waals surface area contributed by atoms with Crippen LogP contribution in [0.1, 0.15) is 5.56 Å². The van der Waals surface area contributed by atoms with Crippen LogP contribution in [0.2, 0.25) is 0 Å². The second-order valence-electron chi connectivity index (χ2n) is 5.11. The van der Waals surface area contributed by atoms with Crippen molar-refractivity contribution in [1.82, 2.24) is 4.98 Å². The molecule has 0 aliphatic rings. The Bertz CT molecular complexity index is 945. The molecule has 3 rings (SSSR count). The molecule has 1 heterocycles. The summed E-state index contributed by atoms with van der Waals surface area (Å²) in [6.45, 7) is 0.660. The van der Waals surface area contributed by atoms with Crippen molar-refractivity contribution in [1.29, 1.82) is 0 Å². The molecule has 6 heteroatoms. The summed E-state index contributed by atoms with van der Waals surface area (Å²) in [6.07, 6.45) is 5.29. The molecule has 0 aliphatic heterocycles. The van der Waals surface area contributed by atoms with E-state index in [0.29, 0.717) is 11.4 Å². The van der Waals surface area contributed by atoms with Crippen molar-refractivity contribution in [3.63, 3.8) is 0 Å². The third-order valence-corrected chi connectivity index (χ3v) is 5.36. The number of sulfone groups is 1. The maximum atomic E-state index is 11.6. The zero-order chi connectivity index (χ0) is 16.3. The molecule has 3 aromatic rings. The molecule has 2 aromatic carbocycles. The molecule has 0 bridgehead atoms. The van der Waals surface area contributed by atoms with Crippen LogP contribution in [0.25, 0.3) is 16.3 Å². The fourth-order valence-corrected chi connectivity index (χ4v) is 3.75. The second kappa shape index (κ2) is 6.52. The Balaban J connectivity index is 1.70. The molecule has 0 atom stereocenters. The minimum absolute atomic E-state index is 0.323. The van der Waals surface area contributed by atoms with Crippen LogP contribution in [0.15, 0.2) is 59.5 Å². The molecule has 1 N–H and O–H groups in total. The van der Waals surface area contributed by atoms with Gasteiger partial charge < -0.3 is 5.32 Å². The quantitative estimate of drug-likeness (QED) is 0.764. The van der Waals surface area contributed by atoms with Crippen LogP contribution in [0.3, 0.4) is 0 Å². The van der Waals surface area contributed by atoms with Gasteiger partial charge in [0.15, 0.2) is 15.0 Å². The van der Waals surface area contributed by atoms with E-state index < -0.39 is 9.84 Å². The first kappa shape index (κ1) is 15.7. The number of aromatic nitrogens is 1. The molecular weight excluding hydrogens is 328 g/mol. The maximum absolute atomic E-state index is 11.6. The number of anilines is 1. The maximum Gasteiger partial charge on any atom is 0.184 e. The number of fused-ring (bicyclic) bond motifs is 1. The summed E-state index contributed by atoms with van der Waals surface area (Å²) in [6, 6.07) is 15.1. The third-order valence-electron chi connectivity index (χ3n) is 3.27. The van der Waals surface area contributed by atoms with Gasteiger partial charge in [-0.3, -0.25) is 0 Å². The Hall–Kier alpha value is -2.18. The lowest BCUT2D eigenvalue weighted by molar-refractivity contribution is 0.602. The number of nitrogens with one attached hydrogen (secondary N) is 1. The van der Waals surface area contributed by atoms with Crippen LogP contribution in [0.5, 0.6) is 0 Å². The van der Waals surface area contributed by atoms with Gasteiger partial charge in [0.1, 0.15) is 0 Å². The largest absolute Gasteiger partial charge is 0.358 e. The Kier molecular flexibility index (Phi) is 4.45. The smallest absolute Gasteiger partial charge is 0.184 e. The lowest BCUT2D eigenvalue weighted by atomic mass is 10.2. The van der Waals surface area contributed by atoms with Crippen molar-refractivity contribution < 1.29 is 8.42 Å². The molecule has 118 valence electrons. The highest BCUT2D eigenvalue weighted by Crippen LogP contribution is 2.28. The van der Waals surface area contributed by atoms with E-state index in [9.17, 15) is 8.42 Å². The highest BCUT2D eigenvalue weighted by Gasteiger charge is 2.10. The summed E-state index contributed by atoms with van der Waals surface area (Å²) in [4.78, 5) is 4.78. The van der Waals surface area contributed by atoms with Crippen molar-refractivity contribution in [2.45, 2.75) is 4.90 Å². The lowest BCUT2D eigenvalue weighted by Crippen LogP contribution is -1.96. The van der Waals surface area contributed by atoms with Gasteiger partial charge in [0.2, 0.25) is 0 Å². The fraction of sp³-hybridized carbons (Fsp3) is 0.118. The van der Waals surface area contributed by atoms with Gasteiger partial charge in [0.05, 0.1) is 15.1 Å². The topological polar surface area (TPSA) is 59.1 Å². The summed E-state index contributed by atoms with van der Waals surface area (Å²) in [5.74, 6) is 0. The van der Waals surface area contributed by atoms with Crippen LogP contribution in [-0.4, -0.2) is 26.2 Å².